The fourth-order valence-electron chi connectivity index (χ4n) is 4.14. The third-order valence-electron chi connectivity index (χ3n) is 6.06. The Labute approximate surface area is 195 Å². The zero-order valence-electron chi connectivity index (χ0n) is 18.5. The standard InChI is InChI=1S/C24H31ClN2O4S/c1-17-5-3-4-6-23(17)27(32(30,31)22-13-11-21(25)12-14-22)15-19-7-9-20(10-8-19)24(29)26-18(2)16-28/h7-14,17-18,23,28H,3-6,15-16H2,1-2H3,(H,26,29)/t17?,18-,23?/m0/s1. The summed E-state index contributed by atoms with van der Waals surface area (Å²) in [7, 11) is -3.73. The Morgan fingerprint density at radius 1 is 1.12 bits per heavy atom. The number of aliphatic hydroxyl groups excluding tert-OH is 1. The summed E-state index contributed by atoms with van der Waals surface area (Å²) in [6.07, 6.45) is 3.94. The highest BCUT2D eigenvalue weighted by Gasteiger charge is 2.36. The van der Waals surface area contributed by atoms with Gasteiger partial charge in [0.25, 0.3) is 5.91 Å². The number of amides is 1. The van der Waals surface area contributed by atoms with Crippen LogP contribution in [0.1, 0.15) is 55.5 Å². The second-order valence-corrected chi connectivity index (χ2v) is 10.9. The van der Waals surface area contributed by atoms with Crippen LogP contribution in [0.2, 0.25) is 5.02 Å². The van der Waals surface area contributed by atoms with E-state index in [1.54, 1.807) is 59.8 Å². The van der Waals surface area contributed by atoms with E-state index in [4.69, 9.17) is 16.7 Å². The molecule has 2 unspecified atom stereocenters. The minimum Gasteiger partial charge on any atom is -0.394 e. The molecule has 3 rings (SSSR count). The van der Waals surface area contributed by atoms with Crippen LogP contribution in [0.25, 0.3) is 0 Å². The lowest BCUT2D eigenvalue weighted by Crippen LogP contribution is -2.44. The van der Waals surface area contributed by atoms with Crippen LogP contribution < -0.4 is 5.32 Å². The van der Waals surface area contributed by atoms with Crippen LogP contribution in [-0.4, -0.2) is 42.4 Å². The van der Waals surface area contributed by atoms with Gasteiger partial charge in [0.2, 0.25) is 10.0 Å². The van der Waals surface area contributed by atoms with Gasteiger partial charge >= 0.3 is 0 Å². The predicted octanol–water partition coefficient (Wildman–Crippen LogP) is 4.22. The van der Waals surface area contributed by atoms with Gasteiger partial charge < -0.3 is 10.4 Å². The maximum absolute atomic E-state index is 13.6. The molecule has 32 heavy (non-hydrogen) atoms. The van der Waals surface area contributed by atoms with Crippen LogP contribution in [0.3, 0.4) is 0 Å². The number of nitrogens with zero attached hydrogens (tertiary/aromatic N) is 1. The third kappa shape index (κ3) is 5.90. The molecule has 2 aromatic carbocycles. The molecule has 8 heteroatoms. The number of hydrogen-bond acceptors (Lipinski definition) is 4. The summed E-state index contributed by atoms with van der Waals surface area (Å²) in [5.41, 5.74) is 1.28. The van der Waals surface area contributed by atoms with E-state index >= 15 is 0 Å². The second kappa shape index (κ2) is 10.8. The lowest BCUT2D eigenvalue weighted by atomic mass is 9.86. The van der Waals surface area contributed by atoms with Crippen molar-refractivity contribution in [1.29, 1.82) is 0 Å². The van der Waals surface area contributed by atoms with Gasteiger partial charge in [0.1, 0.15) is 0 Å². The molecule has 0 radical (unpaired) electrons. The van der Waals surface area contributed by atoms with Crippen molar-refractivity contribution in [3.63, 3.8) is 0 Å². The van der Waals surface area contributed by atoms with Crippen molar-refractivity contribution in [3.05, 3.63) is 64.7 Å². The van der Waals surface area contributed by atoms with Gasteiger partial charge in [0.05, 0.1) is 11.5 Å². The summed E-state index contributed by atoms with van der Waals surface area (Å²) in [6.45, 7) is 3.93. The Balaban J connectivity index is 1.87. The Hall–Kier alpha value is -1.93. The highest BCUT2D eigenvalue weighted by Crippen LogP contribution is 2.33. The molecule has 2 aromatic rings. The van der Waals surface area contributed by atoms with Crippen molar-refractivity contribution in [3.8, 4) is 0 Å². The molecule has 1 aliphatic rings. The number of nitrogens with one attached hydrogen (secondary N) is 1. The zero-order valence-corrected chi connectivity index (χ0v) is 20.1. The molecule has 0 aliphatic heterocycles. The molecule has 2 N–H and O–H groups in total. The fourth-order valence-corrected chi connectivity index (χ4v) is 6.01. The number of carbonyl (C=O) groups is 1. The summed E-state index contributed by atoms with van der Waals surface area (Å²) in [6, 6.07) is 12.8. The molecule has 3 atom stereocenters. The average molecular weight is 479 g/mol. The van der Waals surface area contributed by atoms with E-state index in [2.05, 4.69) is 12.2 Å². The molecule has 1 saturated carbocycles. The number of aliphatic hydroxyl groups is 1. The van der Waals surface area contributed by atoms with E-state index in [1.165, 1.54) is 0 Å². The molecule has 0 spiro atoms. The number of benzene rings is 2. The molecule has 1 fully saturated rings. The van der Waals surface area contributed by atoms with Crippen molar-refractivity contribution < 1.29 is 18.3 Å². The SMILES string of the molecule is CC1CCCCC1N(Cc1ccc(C(=O)N[C@@H](C)CO)cc1)S(=O)(=O)c1ccc(Cl)cc1. The smallest absolute Gasteiger partial charge is 0.251 e. The Kier molecular flexibility index (Phi) is 8.33. The summed E-state index contributed by atoms with van der Waals surface area (Å²) in [5, 5.41) is 12.3. The van der Waals surface area contributed by atoms with Crippen LogP contribution in [0, 0.1) is 5.92 Å². The first-order chi connectivity index (χ1) is 15.2. The first-order valence-corrected chi connectivity index (χ1v) is 12.8. The maximum Gasteiger partial charge on any atom is 0.251 e. The van der Waals surface area contributed by atoms with Gasteiger partial charge in [-0.15, -0.1) is 0 Å². The minimum absolute atomic E-state index is 0.0854. The van der Waals surface area contributed by atoms with E-state index in [0.29, 0.717) is 10.6 Å². The molecule has 174 valence electrons. The van der Waals surface area contributed by atoms with E-state index in [0.717, 1.165) is 31.2 Å². The molecule has 0 bridgehead atoms. The first kappa shape index (κ1) is 24.7. The summed E-state index contributed by atoms with van der Waals surface area (Å²) < 4.78 is 28.8. The average Bonchev–Trinajstić information content (AvgIpc) is 2.78. The van der Waals surface area contributed by atoms with E-state index < -0.39 is 10.0 Å². The monoisotopic (exact) mass is 478 g/mol. The quantitative estimate of drug-likeness (QED) is 0.594. The number of halogens is 1. The van der Waals surface area contributed by atoms with E-state index in [1.807, 2.05) is 0 Å². The molecular formula is C24H31ClN2O4S. The predicted molar refractivity (Wildman–Crippen MR) is 126 cm³/mol. The zero-order chi connectivity index (χ0) is 23.3. The van der Waals surface area contributed by atoms with Crippen LogP contribution in [-0.2, 0) is 16.6 Å². The lowest BCUT2D eigenvalue weighted by Gasteiger charge is -2.37. The summed E-state index contributed by atoms with van der Waals surface area (Å²) >= 11 is 5.97. The number of rotatable bonds is 8. The first-order valence-electron chi connectivity index (χ1n) is 11.0. The van der Waals surface area contributed by atoms with Crippen molar-refractivity contribution >= 4 is 27.5 Å². The van der Waals surface area contributed by atoms with Crippen molar-refractivity contribution in [1.82, 2.24) is 9.62 Å². The number of carbonyl (C=O) groups excluding carboxylic acids is 1. The number of sulfonamides is 1. The Morgan fingerprint density at radius 2 is 1.75 bits per heavy atom. The van der Waals surface area contributed by atoms with Gasteiger partial charge in [-0.1, -0.05) is 43.5 Å². The molecule has 0 heterocycles. The molecule has 0 saturated heterocycles. The second-order valence-electron chi connectivity index (χ2n) is 8.59. The molecule has 0 aromatic heterocycles. The van der Waals surface area contributed by atoms with E-state index in [9.17, 15) is 13.2 Å². The maximum atomic E-state index is 13.6. The third-order valence-corrected chi connectivity index (χ3v) is 8.20. The molecule has 1 aliphatic carbocycles. The van der Waals surface area contributed by atoms with Gasteiger partial charge in [0, 0.05) is 29.2 Å². The van der Waals surface area contributed by atoms with Crippen molar-refractivity contribution in [2.75, 3.05) is 6.61 Å². The molecular weight excluding hydrogens is 448 g/mol. The lowest BCUT2D eigenvalue weighted by molar-refractivity contribution is 0.0922. The normalized spacial score (nSPS) is 20.2. The van der Waals surface area contributed by atoms with Crippen LogP contribution in [0.5, 0.6) is 0 Å². The minimum atomic E-state index is -3.73. The molecule has 6 nitrogen and oxygen atoms in total. The summed E-state index contributed by atoms with van der Waals surface area (Å²) in [5.74, 6) is -0.0134. The molecule has 1 amide bonds. The van der Waals surface area contributed by atoms with Gasteiger partial charge in [-0.3, -0.25) is 4.79 Å². The van der Waals surface area contributed by atoms with Crippen LogP contribution in [0.4, 0.5) is 0 Å². The fraction of sp³-hybridized carbons (Fsp3) is 0.458. The Morgan fingerprint density at radius 3 is 2.34 bits per heavy atom. The van der Waals surface area contributed by atoms with Gasteiger partial charge in [-0.2, -0.15) is 4.31 Å². The van der Waals surface area contributed by atoms with Crippen molar-refractivity contribution in [2.45, 2.75) is 63.1 Å². The van der Waals surface area contributed by atoms with Crippen LogP contribution in [0.15, 0.2) is 53.4 Å². The van der Waals surface area contributed by atoms with E-state index in [-0.39, 0.29) is 42.0 Å². The Bertz CT molecular complexity index is 1010. The van der Waals surface area contributed by atoms with Crippen molar-refractivity contribution in [2.24, 2.45) is 5.92 Å². The van der Waals surface area contributed by atoms with Crippen LogP contribution >= 0.6 is 11.6 Å². The largest absolute Gasteiger partial charge is 0.394 e. The van der Waals surface area contributed by atoms with Gasteiger partial charge in [-0.25, -0.2) is 8.42 Å². The van der Waals surface area contributed by atoms with Gasteiger partial charge in [0.15, 0.2) is 0 Å². The number of hydrogen-bond donors (Lipinski definition) is 2. The van der Waals surface area contributed by atoms with Gasteiger partial charge in [-0.05, 0) is 67.6 Å². The highest BCUT2D eigenvalue weighted by atomic mass is 35.5. The topological polar surface area (TPSA) is 86.7 Å². The summed E-state index contributed by atoms with van der Waals surface area (Å²) in [4.78, 5) is 12.5. The highest BCUT2D eigenvalue weighted by molar-refractivity contribution is 7.89.